The van der Waals surface area contributed by atoms with Crippen molar-refractivity contribution < 1.29 is 4.74 Å². The van der Waals surface area contributed by atoms with E-state index in [0.29, 0.717) is 6.04 Å². The molecule has 100 valence electrons. The van der Waals surface area contributed by atoms with Crippen molar-refractivity contribution in [3.05, 3.63) is 35.9 Å². The van der Waals surface area contributed by atoms with Crippen molar-refractivity contribution in [2.75, 3.05) is 33.3 Å². The van der Waals surface area contributed by atoms with Crippen LogP contribution in [-0.4, -0.2) is 43.8 Å². The Balaban J connectivity index is 2.15. The Hall–Kier alpha value is -0.900. The zero-order valence-electron chi connectivity index (χ0n) is 11.6. The first-order valence-corrected chi connectivity index (χ1v) is 6.70. The van der Waals surface area contributed by atoms with Gasteiger partial charge in [-0.05, 0) is 26.5 Å². The highest BCUT2D eigenvalue weighted by atomic mass is 16.5. The first-order chi connectivity index (χ1) is 8.62. The maximum absolute atomic E-state index is 5.80. The van der Waals surface area contributed by atoms with Gasteiger partial charge in [0.2, 0.25) is 0 Å². The standard InChI is InChI=1S/C15H24N2O/c1-15(2)12-17(9-10-18-15)14(11-16-3)13-7-5-4-6-8-13/h4-8,14,16H,9-12H2,1-3H3. The number of morpholine rings is 1. The smallest absolute Gasteiger partial charge is 0.0753 e. The number of hydrogen-bond donors (Lipinski definition) is 1. The van der Waals surface area contributed by atoms with Gasteiger partial charge in [0.05, 0.1) is 12.2 Å². The van der Waals surface area contributed by atoms with Crippen molar-refractivity contribution in [3.8, 4) is 0 Å². The topological polar surface area (TPSA) is 24.5 Å². The zero-order chi connectivity index (χ0) is 13.0. The lowest BCUT2D eigenvalue weighted by atomic mass is 10.0. The van der Waals surface area contributed by atoms with E-state index in [4.69, 9.17) is 4.74 Å². The van der Waals surface area contributed by atoms with Crippen molar-refractivity contribution >= 4 is 0 Å². The fraction of sp³-hybridized carbons (Fsp3) is 0.600. The molecule has 0 radical (unpaired) electrons. The largest absolute Gasteiger partial charge is 0.373 e. The second kappa shape index (κ2) is 5.83. The van der Waals surface area contributed by atoms with Crippen LogP contribution in [-0.2, 0) is 4.74 Å². The highest BCUT2D eigenvalue weighted by molar-refractivity contribution is 5.19. The summed E-state index contributed by atoms with van der Waals surface area (Å²) in [6.07, 6.45) is 0. The van der Waals surface area contributed by atoms with Crippen LogP contribution < -0.4 is 5.32 Å². The average Bonchev–Trinajstić information content (AvgIpc) is 2.36. The molecule has 0 spiro atoms. The molecule has 1 aromatic carbocycles. The molecule has 0 bridgehead atoms. The molecule has 0 amide bonds. The maximum Gasteiger partial charge on any atom is 0.0753 e. The fourth-order valence-corrected chi connectivity index (χ4v) is 2.65. The molecular formula is C15H24N2O. The molecule has 1 fully saturated rings. The molecule has 1 heterocycles. The quantitative estimate of drug-likeness (QED) is 0.882. The van der Waals surface area contributed by atoms with E-state index in [0.717, 1.165) is 26.2 Å². The number of benzene rings is 1. The molecule has 1 aliphatic heterocycles. The molecule has 1 aliphatic rings. The summed E-state index contributed by atoms with van der Waals surface area (Å²) in [5.74, 6) is 0. The summed E-state index contributed by atoms with van der Waals surface area (Å²) in [5, 5.41) is 3.31. The number of likely N-dealkylation sites (N-methyl/N-ethyl adjacent to an activating group) is 1. The summed E-state index contributed by atoms with van der Waals surface area (Å²) >= 11 is 0. The molecule has 1 saturated heterocycles. The molecule has 1 unspecified atom stereocenters. The molecule has 2 rings (SSSR count). The summed E-state index contributed by atoms with van der Waals surface area (Å²) in [5.41, 5.74) is 1.34. The van der Waals surface area contributed by atoms with Crippen LogP contribution >= 0.6 is 0 Å². The van der Waals surface area contributed by atoms with E-state index in [-0.39, 0.29) is 5.60 Å². The third-order valence-electron chi connectivity index (χ3n) is 3.48. The van der Waals surface area contributed by atoms with E-state index in [1.807, 2.05) is 7.05 Å². The molecule has 0 saturated carbocycles. The van der Waals surface area contributed by atoms with Gasteiger partial charge in [-0.3, -0.25) is 4.90 Å². The van der Waals surface area contributed by atoms with Crippen LogP contribution in [0.25, 0.3) is 0 Å². The highest BCUT2D eigenvalue weighted by Gasteiger charge is 2.31. The Kier molecular flexibility index (Phi) is 4.38. The van der Waals surface area contributed by atoms with Crippen LogP contribution in [0.3, 0.4) is 0 Å². The first-order valence-electron chi connectivity index (χ1n) is 6.70. The lowest BCUT2D eigenvalue weighted by Crippen LogP contribution is -2.51. The second-order valence-corrected chi connectivity index (χ2v) is 5.56. The minimum atomic E-state index is -0.0426. The van der Waals surface area contributed by atoms with Crippen molar-refractivity contribution in [1.82, 2.24) is 10.2 Å². The van der Waals surface area contributed by atoms with E-state index < -0.39 is 0 Å². The number of nitrogens with zero attached hydrogens (tertiary/aromatic N) is 1. The second-order valence-electron chi connectivity index (χ2n) is 5.56. The van der Waals surface area contributed by atoms with Crippen LogP contribution in [0.4, 0.5) is 0 Å². The van der Waals surface area contributed by atoms with Crippen molar-refractivity contribution in [2.45, 2.75) is 25.5 Å². The van der Waals surface area contributed by atoms with Gasteiger partial charge < -0.3 is 10.1 Å². The van der Waals surface area contributed by atoms with E-state index in [9.17, 15) is 0 Å². The fourth-order valence-electron chi connectivity index (χ4n) is 2.65. The molecule has 0 aliphatic carbocycles. The van der Waals surface area contributed by atoms with Crippen LogP contribution in [0.5, 0.6) is 0 Å². The summed E-state index contributed by atoms with van der Waals surface area (Å²) in [4.78, 5) is 2.52. The predicted molar refractivity (Wildman–Crippen MR) is 74.7 cm³/mol. The minimum Gasteiger partial charge on any atom is -0.373 e. The lowest BCUT2D eigenvalue weighted by Gasteiger charge is -2.42. The van der Waals surface area contributed by atoms with E-state index in [1.54, 1.807) is 0 Å². The summed E-state index contributed by atoms with van der Waals surface area (Å²) in [7, 11) is 2.02. The third kappa shape index (κ3) is 3.31. The van der Waals surface area contributed by atoms with Crippen LogP contribution in [0.1, 0.15) is 25.5 Å². The molecule has 1 aromatic rings. The molecule has 18 heavy (non-hydrogen) atoms. The summed E-state index contributed by atoms with van der Waals surface area (Å²) in [6.45, 7) is 8.11. The Morgan fingerprint density at radius 3 is 2.67 bits per heavy atom. The zero-order valence-corrected chi connectivity index (χ0v) is 11.6. The van der Waals surface area contributed by atoms with Gasteiger partial charge in [-0.1, -0.05) is 30.3 Å². The molecule has 3 heteroatoms. The van der Waals surface area contributed by atoms with Gasteiger partial charge in [0, 0.05) is 25.7 Å². The molecule has 3 nitrogen and oxygen atoms in total. The Morgan fingerprint density at radius 1 is 1.33 bits per heavy atom. The number of rotatable bonds is 4. The van der Waals surface area contributed by atoms with Gasteiger partial charge in [-0.15, -0.1) is 0 Å². The van der Waals surface area contributed by atoms with E-state index in [2.05, 4.69) is 54.4 Å². The highest BCUT2D eigenvalue weighted by Crippen LogP contribution is 2.26. The molecule has 1 atom stereocenters. The van der Waals surface area contributed by atoms with Crippen LogP contribution in [0.15, 0.2) is 30.3 Å². The van der Waals surface area contributed by atoms with Gasteiger partial charge >= 0.3 is 0 Å². The van der Waals surface area contributed by atoms with Crippen LogP contribution in [0.2, 0.25) is 0 Å². The molecule has 1 N–H and O–H groups in total. The Bertz CT molecular complexity index is 364. The third-order valence-corrected chi connectivity index (χ3v) is 3.48. The maximum atomic E-state index is 5.80. The minimum absolute atomic E-state index is 0.0426. The lowest BCUT2D eigenvalue weighted by molar-refractivity contribution is -0.0973. The van der Waals surface area contributed by atoms with Crippen molar-refractivity contribution in [1.29, 1.82) is 0 Å². The SMILES string of the molecule is CNCC(c1ccccc1)N1CCOC(C)(C)C1. The first kappa shape index (κ1) is 13.5. The van der Waals surface area contributed by atoms with Crippen molar-refractivity contribution in [3.63, 3.8) is 0 Å². The Morgan fingerprint density at radius 2 is 2.06 bits per heavy atom. The normalized spacial score (nSPS) is 21.7. The van der Waals surface area contributed by atoms with Gasteiger partial charge in [0.15, 0.2) is 0 Å². The van der Waals surface area contributed by atoms with E-state index >= 15 is 0 Å². The van der Waals surface area contributed by atoms with Crippen LogP contribution in [0, 0.1) is 0 Å². The Labute approximate surface area is 110 Å². The van der Waals surface area contributed by atoms with Gasteiger partial charge in [-0.2, -0.15) is 0 Å². The van der Waals surface area contributed by atoms with Gasteiger partial charge in [0.1, 0.15) is 0 Å². The molecule has 0 aromatic heterocycles. The van der Waals surface area contributed by atoms with Crippen molar-refractivity contribution in [2.24, 2.45) is 0 Å². The summed E-state index contributed by atoms with van der Waals surface area (Å²) in [6, 6.07) is 11.2. The summed E-state index contributed by atoms with van der Waals surface area (Å²) < 4.78 is 5.80. The molecular weight excluding hydrogens is 224 g/mol. The van der Waals surface area contributed by atoms with E-state index in [1.165, 1.54) is 5.56 Å². The monoisotopic (exact) mass is 248 g/mol. The average molecular weight is 248 g/mol. The number of hydrogen-bond acceptors (Lipinski definition) is 3. The predicted octanol–water partition coefficient (Wildman–Crippen LogP) is 2.06. The van der Waals surface area contributed by atoms with Gasteiger partial charge in [-0.25, -0.2) is 0 Å². The van der Waals surface area contributed by atoms with Gasteiger partial charge in [0.25, 0.3) is 0 Å². The number of nitrogens with one attached hydrogen (secondary N) is 1. The number of ether oxygens (including phenoxy) is 1.